The molecule has 1 fully saturated rings. The molecular weight excluding hydrogens is 472 g/mol. The molecule has 1 aliphatic heterocycles. The Kier molecular flexibility index (Phi) is 6.78. The van der Waals surface area contributed by atoms with Crippen molar-refractivity contribution in [3.8, 4) is 0 Å². The van der Waals surface area contributed by atoms with E-state index in [0.29, 0.717) is 27.8 Å². The zero-order chi connectivity index (χ0) is 25.0. The third-order valence-corrected chi connectivity index (χ3v) is 6.46. The van der Waals surface area contributed by atoms with Crippen LogP contribution in [0, 0.1) is 0 Å². The fourth-order valence-electron chi connectivity index (χ4n) is 3.58. The molecule has 1 aromatic heterocycles. The Morgan fingerprint density at radius 2 is 1.80 bits per heavy atom. The van der Waals surface area contributed by atoms with Gasteiger partial charge in [0.15, 0.2) is 0 Å². The quantitative estimate of drug-likeness (QED) is 0.314. The predicted octanol–water partition coefficient (Wildman–Crippen LogP) is 1.44. The molecule has 3 N–H and O–H groups in total. The van der Waals surface area contributed by atoms with Crippen molar-refractivity contribution in [2.24, 2.45) is 7.05 Å². The summed E-state index contributed by atoms with van der Waals surface area (Å²) in [5.74, 6) is -1.38. The molecule has 0 spiro atoms. The number of nitrogens with one attached hydrogen (secondary N) is 3. The molecule has 5 amide bonds. The van der Waals surface area contributed by atoms with E-state index in [1.807, 2.05) is 6.07 Å². The van der Waals surface area contributed by atoms with Crippen LogP contribution in [0.4, 0.5) is 10.5 Å². The highest BCUT2D eigenvalue weighted by Crippen LogP contribution is 2.31. The highest BCUT2D eigenvalue weighted by Gasteiger charge is 2.52. The van der Waals surface area contributed by atoms with Gasteiger partial charge < -0.3 is 10.6 Å². The van der Waals surface area contributed by atoms with Crippen LogP contribution in [0.15, 0.2) is 59.8 Å². The second-order valence-electron chi connectivity index (χ2n) is 7.64. The maximum atomic E-state index is 13.1. The first-order valence-electron chi connectivity index (χ1n) is 10.6. The number of aromatic nitrogens is 4. The Balaban J connectivity index is 1.37. The van der Waals surface area contributed by atoms with Crippen LogP contribution < -0.4 is 16.1 Å². The van der Waals surface area contributed by atoms with Crippen molar-refractivity contribution >= 4 is 41.2 Å². The Morgan fingerprint density at radius 1 is 1.09 bits per heavy atom. The highest BCUT2D eigenvalue weighted by atomic mass is 32.2. The molecule has 35 heavy (non-hydrogen) atoms. The predicted molar refractivity (Wildman–Crippen MR) is 126 cm³/mol. The van der Waals surface area contributed by atoms with Gasteiger partial charge in [-0.25, -0.2) is 9.48 Å². The summed E-state index contributed by atoms with van der Waals surface area (Å²) in [7, 11) is 1.67. The second-order valence-corrected chi connectivity index (χ2v) is 8.58. The van der Waals surface area contributed by atoms with E-state index in [2.05, 4.69) is 31.6 Å². The number of nitrogens with zero attached hydrogens (tertiary/aromatic N) is 5. The molecule has 3 aromatic rings. The second kappa shape index (κ2) is 9.93. The van der Waals surface area contributed by atoms with Crippen molar-refractivity contribution < 1.29 is 19.2 Å². The summed E-state index contributed by atoms with van der Waals surface area (Å²) in [6.45, 7) is 1.78. The van der Waals surface area contributed by atoms with E-state index < -0.39 is 23.4 Å². The molecule has 0 radical (unpaired) electrons. The summed E-state index contributed by atoms with van der Waals surface area (Å²) in [6, 6.07) is 14.2. The highest BCUT2D eigenvalue weighted by molar-refractivity contribution is 7.99. The standard InChI is InChI=1S/C22H22N8O4S/c1-3-22(15-7-5-4-6-8-15)19(33)30(20(34)24-22)26-18(32)14-9-11-16(12-10-14)23-17(31)13-35-21-25-27-28-29(21)2/h4-12H,3,13H2,1-2H3,(H,23,31)(H,24,34)(H,26,32). The fourth-order valence-corrected chi connectivity index (χ4v) is 4.23. The average Bonchev–Trinajstić information content (AvgIpc) is 3.39. The molecule has 1 saturated heterocycles. The van der Waals surface area contributed by atoms with Crippen molar-refractivity contribution in [2.45, 2.75) is 24.0 Å². The van der Waals surface area contributed by atoms with Crippen molar-refractivity contribution in [2.75, 3.05) is 11.1 Å². The third-order valence-electron chi connectivity index (χ3n) is 5.45. The number of hydrogen-bond donors (Lipinski definition) is 3. The van der Waals surface area contributed by atoms with Crippen LogP contribution >= 0.6 is 11.8 Å². The Hall–Kier alpha value is -4.26. The molecule has 1 unspecified atom stereocenters. The Bertz CT molecular complexity index is 1260. The molecule has 1 aliphatic rings. The zero-order valence-electron chi connectivity index (χ0n) is 18.9. The van der Waals surface area contributed by atoms with Crippen molar-refractivity contribution in [1.29, 1.82) is 0 Å². The van der Waals surface area contributed by atoms with Gasteiger partial charge in [-0.2, -0.15) is 5.01 Å². The van der Waals surface area contributed by atoms with Gasteiger partial charge in [0.1, 0.15) is 5.54 Å². The van der Waals surface area contributed by atoms with Gasteiger partial charge in [0, 0.05) is 18.3 Å². The number of tetrazole rings is 1. The average molecular weight is 495 g/mol. The van der Waals surface area contributed by atoms with Crippen LogP contribution in [-0.2, 0) is 22.2 Å². The van der Waals surface area contributed by atoms with Crippen molar-refractivity contribution in [3.63, 3.8) is 0 Å². The molecule has 13 heteroatoms. The number of urea groups is 1. The first kappa shape index (κ1) is 23.9. The summed E-state index contributed by atoms with van der Waals surface area (Å²) in [6.07, 6.45) is 0.313. The van der Waals surface area contributed by atoms with E-state index in [0.717, 1.165) is 0 Å². The first-order chi connectivity index (χ1) is 16.8. The monoisotopic (exact) mass is 494 g/mol. The Morgan fingerprint density at radius 3 is 2.43 bits per heavy atom. The molecule has 0 bridgehead atoms. The molecular formula is C22H22N8O4S. The molecule has 2 heterocycles. The minimum Gasteiger partial charge on any atom is -0.325 e. The molecule has 2 aromatic carbocycles. The molecule has 0 aliphatic carbocycles. The lowest BCUT2D eigenvalue weighted by Crippen LogP contribution is -2.48. The number of hydrogen-bond acceptors (Lipinski definition) is 8. The number of anilines is 1. The minimum absolute atomic E-state index is 0.100. The first-order valence-corrected chi connectivity index (χ1v) is 11.6. The number of rotatable bonds is 8. The summed E-state index contributed by atoms with van der Waals surface area (Å²) in [5.41, 5.74) is 2.44. The Labute approximate surface area is 204 Å². The van der Waals surface area contributed by atoms with Gasteiger partial charge in [-0.1, -0.05) is 49.0 Å². The number of benzene rings is 2. The van der Waals surface area contributed by atoms with E-state index in [4.69, 9.17) is 0 Å². The number of imide groups is 1. The molecule has 1 atom stereocenters. The number of thioether (sulfide) groups is 1. The summed E-state index contributed by atoms with van der Waals surface area (Å²) >= 11 is 1.18. The lowest BCUT2D eigenvalue weighted by molar-refractivity contribution is -0.133. The lowest BCUT2D eigenvalue weighted by Gasteiger charge is -2.25. The van der Waals surface area contributed by atoms with E-state index in [1.54, 1.807) is 50.4 Å². The van der Waals surface area contributed by atoms with E-state index in [-0.39, 0.29) is 17.2 Å². The molecule has 180 valence electrons. The fraction of sp³-hybridized carbons (Fsp3) is 0.227. The van der Waals surface area contributed by atoms with Gasteiger partial charge >= 0.3 is 6.03 Å². The van der Waals surface area contributed by atoms with Crippen LogP contribution in [0.25, 0.3) is 0 Å². The van der Waals surface area contributed by atoms with Crippen LogP contribution in [-0.4, -0.2) is 54.7 Å². The van der Waals surface area contributed by atoms with Crippen LogP contribution in [0.3, 0.4) is 0 Å². The zero-order valence-corrected chi connectivity index (χ0v) is 19.7. The third kappa shape index (κ3) is 4.84. The van der Waals surface area contributed by atoms with Crippen molar-refractivity contribution in [3.05, 3.63) is 65.7 Å². The van der Waals surface area contributed by atoms with Crippen LogP contribution in [0.1, 0.15) is 29.3 Å². The largest absolute Gasteiger partial charge is 0.344 e. The van der Waals surface area contributed by atoms with Gasteiger partial charge in [0.05, 0.1) is 5.75 Å². The lowest BCUT2D eigenvalue weighted by atomic mass is 9.87. The topological polar surface area (TPSA) is 151 Å². The maximum absolute atomic E-state index is 13.1. The molecule has 4 rings (SSSR count). The van der Waals surface area contributed by atoms with Gasteiger partial charge in [0.25, 0.3) is 11.8 Å². The van der Waals surface area contributed by atoms with Gasteiger partial charge in [-0.15, -0.1) is 5.10 Å². The van der Waals surface area contributed by atoms with E-state index in [1.165, 1.54) is 28.6 Å². The SMILES string of the molecule is CCC1(c2ccccc2)NC(=O)N(NC(=O)c2ccc(NC(=O)CSc3nnnn3C)cc2)C1=O. The van der Waals surface area contributed by atoms with E-state index >= 15 is 0 Å². The smallest absolute Gasteiger partial charge is 0.325 e. The van der Waals surface area contributed by atoms with Crippen LogP contribution in [0.5, 0.6) is 0 Å². The van der Waals surface area contributed by atoms with Crippen molar-refractivity contribution in [1.82, 2.24) is 36.0 Å². The number of hydrazine groups is 1. The van der Waals surface area contributed by atoms with Gasteiger partial charge in [-0.3, -0.25) is 19.8 Å². The number of amides is 5. The molecule has 0 saturated carbocycles. The number of carbonyl (C=O) groups is 4. The maximum Gasteiger partial charge on any atom is 0.344 e. The van der Waals surface area contributed by atoms with E-state index in [9.17, 15) is 19.2 Å². The number of carbonyl (C=O) groups excluding carboxylic acids is 4. The summed E-state index contributed by atoms with van der Waals surface area (Å²) in [4.78, 5) is 50.6. The molecule has 12 nitrogen and oxygen atoms in total. The van der Waals surface area contributed by atoms with Gasteiger partial charge in [-0.05, 0) is 46.7 Å². The normalized spacial score (nSPS) is 17.3. The summed E-state index contributed by atoms with van der Waals surface area (Å²) in [5, 5.41) is 17.6. The number of aryl methyl sites for hydroxylation is 1. The minimum atomic E-state index is -1.25. The van der Waals surface area contributed by atoms with Gasteiger partial charge in [0.2, 0.25) is 11.1 Å². The van der Waals surface area contributed by atoms with Crippen LogP contribution in [0.2, 0.25) is 0 Å². The summed E-state index contributed by atoms with van der Waals surface area (Å²) < 4.78 is 1.46.